The highest BCUT2D eigenvalue weighted by atomic mass is 79.9. The van der Waals surface area contributed by atoms with Gasteiger partial charge in [0.15, 0.2) is 0 Å². The maximum atomic E-state index is 12.4. The number of nitrogens with zero attached hydrogens (tertiary/aromatic N) is 1. The minimum absolute atomic E-state index is 0.233. The molecular weight excluding hydrogens is 390 g/mol. The van der Waals surface area contributed by atoms with E-state index in [2.05, 4.69) is 15.9 Å². The molecule has 0 atom stereocenters. The van der Waals surface area contributed by atoms with Crippen molar-refractivity contribution in [3.05, 3.63) is 69.5 Å². The highest BCUT2D eigenvalue weighted by Crippen LogP contribution is 2.32. The Labute approximate surface area is 152 Å². The molecule has 3 rings (SSSR count). The fraction of sp³-hybridized carbons (Fsp3) is 0.111. The number of hydrogen-bond acceptors (Lipinski definition) is 4. The highest BCUT2D eigenvalue weighted by molar-refractivity contribution is 9.10. The maximum Gasteiger partial charge on any atom is 0.293 e. The van der Waals surface area contributed by atoms with Crippen LogP contribution in [0.25, 0.3) is 6.08 Å². The van der Waals surface area contributed by atoms with Crippen molar-refractivity contribution >= 4 is 44.9 Å². The SMILES string of the molecule is O=C1S/C(=C\c2ccc(Br)cc2)C(=O)N1CCOc1ccccc1. The molecule has 2 aromatic rings. The topological polar surface area (TPSA) is 46.6 Å². The summed E-state index contributed by atoms with van der Waals surface area (Å²) in [4.78, 5) is 26.1. The van der Waals surface area contributed by atoms with E-state index in [9.17, 15) is 9.59 Å². The van der Waals surface area contributed by atoms with Crippen LogP contribution < -0.4 is 4.74 Å². The fourth-order valence-corrected chi connectivity index (χ4v) is 3.30. The van der Waals surface area contributed by atoms with Gasteiger partial charge < -0.3 is 4.74 Å². The maximum absolute atomic E-state index is 12.4. The van der Waals surface area contributed by atoms with E-state index in [-0.39, 0.29) is 24.3 Å². The standard InChI is InChI=1S/C18H14BrNO3S/c19-14-8-6-13(7-9-14)12-16-17(21)20(18(22)24-16)10-11-23-15-4-2-1-3-5-15/h1-9,12H,10-11H2/b16-12-. The van der Waals surface area contributed by atoms with Crippen LogP contribution in [0.3, 0.4) is 0 Å². The summed E-state index contributed by atoms with van der Waals surface area (Å²) in [7, 11) is 0. The number of hydrogen-bond donors (Lipinski definition) is 0. The van der Waals surface area contributed by atoms with Gasteiger partial charge in [-0.1, -0.05) is 46.3 Å². The van der Waals surface area contributed by atoms with Gasteiger partial charge in [0.2, 0.25) is 0 Å². The quantitative estimate of drug-likeness (QED) is 0.686. The molecule has 0 spiro atoms. The molecule has 0 aromatic heterocycles. The summed E-state index contributed by atoms with van der Waals surface area (Å²) in [5, 5.41) is -0.264. The first-order chi connectivity index (χ1) is 11.6. The van der Waals surface area contributed by atoms with Crippen LogP contribution in [0.4, 0.5) is 4.79 Å². The van der Waals surface area contributed by atoms with Crippen molar-refractivity contribution in [2.75, 3.05) is 13.2 Å². The van der Waals surface area contributed by atoms with Gasteiger partial charge in [0, 0.05) is 4.47 Å². The Morgan fingerprint density at radius 3 is 2.46 bits per heavy atom. The van der Waals surface area contributed by atoms with Crippen LogP contribution in [0.5, 0.6) is 5.75 Å². The molecule has 24 heavy (non-hydrogen) atoms. The molecule has 0 saturated carbocycles. The number of para-hydroxylation sites is 1. The van der Waals surface area contributed by atoms with E-state index >= 15 is 0 Å². The molecule has 1 aliphatic heterocycles. The van der Waals surface area contributed by atoms with Crippen LogP contribution in [0.2, 0.25) is 0 Å². The van der Waals surface area contributed by atoms with Gasteiger partial charge in [-0.25, -0.2) is 0 Å². The summed E-state index contributed by atoms with van der Waals surface area (Å²) in [5.74, 6) is 0.444. The lowest BCUT2D eigenvalue weighted by Gasteiger charge is -2.13. The van der Waals surface area contributed by atoms with Crippen LogP contribution in [-0.2, 0) is 4.79 Å². The molecule has 0 N–H and O–H groups in total. The molecule has 1 saturated heterocycles. The molecule has 0 aliphatic carbocycles. The number of carbonyl (C=O) groups excluding carboxylic acids is 2. The Hall–Kier alpha value is -2.05. The van der Waals surface area contributed by atoms with Gasteiger partial charge in [-0.15, -0.1) is 0 Å². The molecule has 4 nitrogen and oxygen atoms in total. The summed E-state index contributed by atoms with van der Waals surface area (Å²) < 4.78 is 6.51. The first-order valence-corrected chi connectivity index (χ1v) is 8.93. The predicted molar refractivity (Wildman–Crippen MR) is 98.8 cm³/mol. The van der Waals surface area contributed by atoms with Gasteiger partial charge in [-0.2, -0.15) is 0 Å². The number of benzene rings is 2. The van der Waals surface area contributed by atoms with Crippen molar-refractivity contribution in [1.29, 1.82) is 0 Å². The van der Waals surface area contributed by atoms with Crippen LogP contribution >= 0.6 is 27.7 Å². The van der Waals surface area contributed by atoms with E-state index in [0.29, 0.717) is 4.91 Å². The minimum Gasteiger partial charge on any atom is -0.492 e. The molecule has 0 unspecified atom stereocenters. The minimum atomic E-state index is -0.274. The molecule has 2 aromatic carbocycles. The third-order valence-electron chi connectivity index (χ3n) is 3.37. The molecule has 0 radical (unpaired) electrons. The summed E-state index contributed by atoms with van der Waals surface area (Å²) in [5.41, 5.74) is 0.879. The van der Waals surface area contributed by atoms with Crippen molar-refractivity contribution in [2.24, 2.45) is 0 Å². The lowest BCUT2D eigenvalue weighted by molar-refractivity contribution is -0.123. The highest BCUT2D eigenvalue weighted by Gasteiger charge is 2.34. The van der Waals surface area contributed by atoms with Crippen molar-refractivity contribution in [1.82, 2.24) is 4.90 Å². The summed E-state index contributed by atoms with van der Waals surface area (Å²) in [6.45, 7) is 0.505. The van der Waals surface area contributed by atoms with Crippen LogP contribution in [-0.4, -0.2) is 29.2 Å². The Kier molecular flexibility index (Phi) is 5.37. The van der Waals surface area contributed by atoms with Gasteiger partial charge in [-0.05, 0) is 47.7 Å². The molecule has 1 aliphatic rings. The Bertz CT molecular complexity index is 775. The second kappa shape index (κ2) is 7.68. The number of amides is 2. The monoisotopic (exact) mass is 403 g/mol. The molecule has 1 fully saturated rings. The zero-order valence-electron chi connectivity index (χ0n) is 12.6. The number of rotatable bonds is 5. The second-order valence-corrected chi connectivity index (χ2v) is 6.96. The molecule has 6 heteroatoms. The van der Waals surface area contributed by atoms with Gasteiger partial charge in [0.05, 0.1) is 11.4 Å². The van der Waals surface area contributed by atoms with Crippen LogP contribution in [0.1, 0.15) is 5.56 Å². The number of halogens is 1. The summed E-state index contributed by atoms with van der Waals surface area (Å²) >= 11 is 4.33. The molecule has 2 amide bonds. The van der Waals surface area contributed by atoms with E-state index in [1.165, 1.54) is 4.90 Å². The van der Waals surface area contributed by atoms with Crippen molar-refractivity contribution in [2.45, 2.75) is 0 Å². The van der Waals surface area contributed by atoms with E-state index < -0.39 is 0 Å². The normalized spacial score (nSPS) is 16.0. The van der Waals surface area contributed by atoms with Gasteiger partial charge >= 0.3 is 0 Å². The van der Waals surface area contributed by atoms with Crippen molar-refractivity contribution < 1.29 is 14.3 Å². The lowest BCUT2D eigenvalue weighted by Crippen LogP contribution is -2.32. The van der Waals surface area contributed by atoms with Gasteiger partial charge in [-0.3, -0.25) is 14.5 Å². The van der Waals surface area contributed by atoms with Gasteiger partial charge in [0.1, 0.15) is 12.4 Å². The van der Waals surface area contributed by atoms with Crippen LogP contribution in [0, 0.1) is 0 Å². The number of thioether (sulfide) groups is 1. The summed E-state index contributed by atoms with van der Waals surface area (Å²) in [6.07, 6.45) is 1.73. The average Bonchev–Trinajstić information content (AvgIpc) is 2.85. The van der Waals surface area contributed by atoms with E-state index in [1.54, 1.807) is 6.08 Å². The largest absolute Gasteiger partial charge is 0.492 e. The van der Waals surface area contributed by atoms with E-state index in [0.717, 1.165) is 27.5 Å². The second-order valence-electron chi connectivity index (χ2n) is 5.05. The number of carbonyl (C=O) groups is 2. The molecule has 1 heterocycles. The third-order valence-corrected chi connectivity index (χ3v) is 4.80. The fourth-order valence-electron chi connectivity index (χ4n) is 2.17. The number of imide groups is 1. The Morgan fingerprint density at radius 1 is 1.04 bits per heavy atom. The van der Waals surface area contributed by atoms with Gasteiger partial charge in [0.25, 0.3) is 11.1 Å². The zero-order chi connectivity index (χ0) is 16.9. The number of ether oxygens (including phenoxy) is 1. The average molecular weight is 404 g/mol. The van der Waals surface area contributed by atoms with Crippen molar-refractivity contribution in [3.63, 3.8) is 0 Å². The first kappa shape index (κ1) is 16.8. The van der Waals surface area contributed by atoms with E-state index in [1.807, 2.05) is 54.6 Å². The first-order valence-electron chi connectivity index (χ1n) is 7.32. The zero-order valence-corrected chi connectivity index (χ0v) is 15.0. The molecule has 0 bridgehead atoms. The Balaban J connectivity index is 1.62. The third kappa shape index (κ3) is 4.07. The molecular formula is C18H14BrNO3S. The van der Waals surface area contributed by atoms with E-state index in [4.69, 9.17) is 4.74 Å². The predicted octanol–water partition coefficient (Wildman–Crippen LogP) is 4.56. The summed E-state index contributed by atoms with van der Waals surface area (Å²) in [6, 6.07) is 16.9. The smallest absolute Gasteiger partial charge is 0.293 e. The molecule has 122 valence electrons. The van der Waals surface area contributed by atoms with Crippen molar-refractivity contribution in [3.8, 4) is 5.75 Å². The Morgan fingerprint density at radius 2 is 1.75 bits per heavy atom. The lowest BCUT2D eigenvalue weighted by atomic mass is 10.2. The van der Waals surface area contributed by atoms with Crippen LogP contribution in [0.15, 0.2) is 64.0 Å².